The predicted octanol–water partition coefficient (Wildman–Crippen LogP) is 0.735. The number of fused-ring (bicyclic) bond motifs is 2. The lowest BCUT2D eigenvalue weighted by Crippen LogP contribution is -2.67. The number of aliphatic hydroxyl groups is 4. The number of aliphatic hydroxyl groups excluding tert-OH is 4. The highest BCUT2D eigenvalue weighted by Gasteiger charge is 2.79. The molecule has 0 spiro atoms. The lowest BCUT2D eigenvalue weighted by Gasteiger charge is -2.52. The maximum absolute atomic E-state index is 13.0. The number of furan rings is 1. The molecule has 3 heterocycles. The first-order valence-electron chi connectivity index (χ1n) is 13.9. The third-order valence-electron chi connectivity index (χ3n) is 9.55. The van der Waals surface area contributed by atoms with Crippen molar-refractivity contribution in [2.24, 2.45) is 11.3 Å². The van der Waals surface area contributed by atoms with Crippen LogP contribution in [0, 0.1) is 11.3 Å². The Morgan fingerprint density at radius 2 is 1.81 bits per heavy atom. The zero-order valence-corrected chi connectivity index (χ0v) is 22.8. The molecule has 224 valence electrons. The van der Waals surface area contributed by atoms with Crippen LogP contribution >= 0.6 is 0 Å². The van der Waals surface area contributed by atoms with Crippen molar-refractivity contribution in [3.05, 3.63) is 65.4 Å². The van der Waals surface area contributed by atoms with Crippen molar-refractivity contribution in [3.8, 4) is 5.95 Å². The van der Waals surface area contributed by atoms with Crippen LogP contribution in [0.25, 0.3) is 0 Å². The molecule has 0 amide bonds. The van der Waals surface area contributed by atoms with Crippen LogP contribution in [0.4, 0.5) is 0 Å². The predicted molar refractivity (Wildman–Crippen MR) is 139 cm³/mol. The molecule has 1 saturated heterocycles. The summed E-state index contributed by atoms with van der Waals surface area (Å²) < 4.78 is 35.9. The van der Waals surface area contributed by atoms with Crippen molar-refractivity contribution in [1.29, 1.82) is 0 Å². The lowest BCUT2D eigenvalue weighted by atomic mass is 9.74. The number of carbonyl (C=O) groups excluding carboxylic acids is 2. The number of benzene rings is 1. The molecule has 9 atom stereocenters. The number of ether oxygens (including phenoxy) is 5. The molecule has 1 saturated carbocycles. The van der Waals surface area contributed by atoms with E-state index in [2.05, 4.69) is 0 Å². The average Bonchev–Trinajstić information content (AvgIpc) is 3.60. The molecule has 5 unspecified atom stereocenters. The fourth-order valence-electron chi connectivity index (χ4n) is 7.16. The van der Waals surface area contributed by atoms with Gasteiger partial charge in [-0.1, -0.05) is 37.3 Å². The number of esters is 2. The maximum atomic E-state index is 13.0. The summed E-state index contributed by atoms with van der Waals surface area (Å²) in [6.45, 7) is 0.923. The molecule has 2 bridgehead atoms. The molecule has 0 radical (unpaired) electrons. The van der Waals surface area contributed by atoms with Gasteiger partial charge in [0.25, 0.3) is 5.95 Å². The molecule has 4 N–H and O–H groups in total. The van der Waals surface area contributed by atoms with Gasteiger partial charge in [-0.05, 0) is 25.0 Å². The molecule has 2 fully saturated rings. The van der Waals surface area contributed by atoms with Gasteiger partial charge in [0.1, 0.15) is 37.1 Å². The molecule has 5 aliphatic rings. The van der Waals surface area contributed by atoms with E-state index in [0.717, 1.165) is 11.1 Å². The molecule has 1 aromatic carbocycles. The van der Waals surface area contributed by atoms with E-state index in [9.17, 15) is 30.0 Å². The standard InChI is InChI=1S/C30H32O12/c1-27-12-29(23(34)22(27)33,14-38-25(36)17-7-8-19(31)20(32)9-17)42-30(27,15-39-24(35)16-5-3-2-4-6-16)41-28-10-18-11-37-26(21(18)28)40-13-28/h2-8,11,17,19-20,22-23,31-34H,9-10,12-15H2,1H3/t17?,19?,20?,22-,23-,27?,28-,29?,30+/m0/s1. The van der Waals surface area contributed by atoms with E-state index in [1.54, 1.807) is 43.5 Å². The van der Waals surface area contributed by atoms with Crippen LogP contribution in [0.1, 0.15) is 41.3 Å². The van der Waals surface area contributed by atoms with E-state index in [1.165, 1.54) is 12.2 Å². The summed E-state index contributed by atoms with van der Waals surface area (Å²) in [5, 5.41) is 42.3. The van der Waals surface area contributed by atoms with Gasteiger partial charge in [-0.2, -0.15) is 0 Å². The van der Waals surface area contributed by atoms with Crippen LogP contribution in [0.2, 0.25) is 0 Å². The zero-order valence-electron chi connectivity index (χ0n) is 22.8. The molecule has 42 heavy (non-hydrogen) atoms. The summed E-state index contributed by atoms with van der Waals surface area (Å²) in [5.74, 6) is -3.57. The number of carbonyl (C=O) groups is 2. The Balaban J connectivity index is 1.18. The summed E-state index contributed by atoms with van der Waals surface area (Å²) in [6, 6.07) is 8.38. The molecule has 12 nitrogen and oxygen atoms in total. The fourth-order valence-corrected chi connectivity index (χ4v) is 7.16. The lowest BCUT2D eigenvalue weighted by molar-refractivity contribution is -0.390. The topological polar surface area (TPSA) is 174 Å². The zero-order chi connectivity index (χ0) is 29.5. The summed E-state index contributed by atoms with van der Waals surface area (Å²) in [5.41, 5.74) is -1.95. The quantitative estimate of drug-likeness (QED) is 0.253. The first-order chi connectivity index (χ1) is 20.0. The Labute approximate surface area is 240 Å². The largest absolute Gasteiger partial charge is 0.462 e. The minimum absolute atomic E-state index is 0.0163. The van der Waals surface area contributed by atoms with Crippen LogP contribution in [-0.2, 0) is 35.8 Å². The van der Waals surface area contributed by atoms with Crippen LogP contribution in [-0.4, -0.2) is 88.0 Å². The van der Waals surface area contributed by atoms with Crippen molar-refractivity contribution in [3.63, 3.8) is 0 Å². The molecule has 7 rings (SSSR count). The summed E-state index contributed by atoms with van der Waals surface area (Å²) in [7, 11) is 0. The van der Waals surface area contributed by atoms with Gasteiger partial charge in [-0.25, -0.2) is 4.79 Å². The molecular weight excluding hydrogens is 552 g/mol. The summed E-state index contributed by atoms with van der Waals surface area (Å²) in [4.78, 5) is 25.9. The second-order valence-electron chi connectivity index (χ2n) is 12.2. The molecule has 2 aliphatic heterocycles. The number of hydrogen-bond acceptors (Lipinski definition) is 12. The monoisotopic (exact) mass is 584 g/mol. The Bertz CT molecular complexity index is 1440. The van der Waals surface area contributed by atoms with Gasteiger partial charge < -0.3 is 48.5 Å². The number of hydrogen-bond donors (Lipinski definition) is 4. The fraction of sp³-hybridized carbons (Fsp3) is 0.533. The first kappa shape index (κ1) is 27.6. The molecule has 2 aromatic rings. The van der Waals surface area contributed by atoms with Crippen molar-refractivity contribution < 1.29 is 58.1 Å². The average molecular weight is 585 g/mol. The van der Waals surface area contributed by atoms with Crippen molar-refractivity contribution in [1.82, 2.24) is 0 Å². The Morgan fingerprint density at radius 3 is 2.57 bits per heavy atom. The smallest absolute Gasteiger partial charge is 0.338 e. The Kier molecular flexibility index (Phi) is 6.15. The van der Waals surface area contributed by atoms with E-state index in [0.29, 0.717) is 17.9 Å². The highest BCUT2D eigenvalue weighted by Crippen LogP contribution is 2.66. The number of rotatable bonds is 8. The SMILES string of the molecule is CC12CC(COC(=O)C3C=CC(O)C(O)C3)(O[C@@]1(COC(=O)c1ccccc1)O[C@@]13COc4occ(c41)C3)[C@@H](O)[C@@H]2O. The molecular formula is C30H32O12. The van der Waals surface area contributed by atoms with Crippen molar-refractivity contribution in [2.75, 3.05) is 19.8 Å². The first-order valence-corrected chi connectivity index (χ1v) is 13.9. The van der Waals surface area contributed by atoms with Crippen molar-refractivity contribution in [2.45, 2.75) is 67.6 Å². The van der Waals surface area contributed by atoms with Crippen LogP contribution in [0.15, 0.2) is 53.2 Å². The van der Waals surface area contributed by atoms with Crippen molar-refractivity contribution >= 4 is 11.9 Å². The molecule has 12 heteroatoms. The highest BCUT2D eigenvalue weighted by atomic mass is 16.8. The minimum Gasteiger partial charge on any atom is -0.462 e. The molecule has 3 aliphatic carbocycles. The Hall–Kier alpha value is -3.26. The van der Waals surface area contributed by atoms with Gasteiger partial charge in [0, 0.05) is 12.0 Å². The van der Waals surface area contributed by atoms with Gasteiger partial charge in [0.15, 0.2) is 0 Å². The van der Waals surface area contributed by atoms with E-state index >= 15 is 0 Å². The van der Waals surface area contributed by atoms with E-state index in [4.69, 9.17) is 28.1 Å². The summed E-state index contributed by atoms with van der Waals surface area (Å²) in [6.07, 6.45) is -0.247. The van der Waals surface area contributed by atoms with E-state index < -0.39 is 77.9 Å². The second kappa shape index (κ2) is 9.37. The van der Waals surface area contributed by atoms with Gasteiger partial charge in [0.2, 0.25) is 5.79 Å². The van der Waals surface area contributed by atoms with E-state index in [-0.39, 0.29) is 19.4 Å². The van der Waals surface area contributed by atoms with Gasteiger partial charge in [-0.3, -0.25) is 4.79 Å². The van der Waals surface area contributed by atoms with E-state index in [1.807, 2.05) is 0 Å². The van der Waals surface area contributed by atoms with Gasteiger partial charge >= 0.3 is 11.9 Å². The maximum Gasteiger partial charge on any atom is 0.338 e. The third-order valence-corrected chi connectivity index (χ3v) is 9.55. The normalized spacial score (nSPS) is 40.7. The second-order valence-corrected chi connectivity index (χ2v) is 12.2. The summed E-state index contributed by atoms with van der Waals surface area (Å²) >= 11 is 0. The molecule has 1 aromatic heterocycles. The third kappa shape index (κ3) is 3.83. The highest BCUT2D eigenvalue weighted by molar-refractivity contribution is 5.89. The van der Waals surface area contributed by atoms with Gasteiger partial charge in [0.05, 0.1) is 47.0 Å². The minimum atomic E-state index is -1.77. The Morgan fingerprint density at radius 1 is 1.02 bits per heavy atom. The van der Waals surface area contributed by atoms with Crippen LogP contribution < -0.4 is 4.74 Å². The van der Waals surface area contributed by atoms with Crippen LogP contribution in [0.3, 0.4) is 0 Å². The van der Waals surface area contributed by atoms with Gasteiger partial charge in [-0.15, -0.1) is 0 Å². The van der Waals surface area contributed by atoms with Crippen LogP contribution in [0.5, 0.6) is 5.95 Å².